The molecule has 0 aliphatic heterocycles. The molecule has 0 radical (unpaired) electrons. The molecule has 0 aromatic heterocycles. The zero-order chi connectivity index (χ0) is 12.0. The van der Waals surface area contributed by atoms with Crippen LogP contribution in [0.3, 0.4) is 0 Å². The summed E-state index contributed by atoms with van der Waals surface area (Å²) in [5.41, 5.74) is 0.480. The Morgan fingerprint density at radius 1 is 1.38 bits per heavy atom. The van der Waals surface area contributed by atoms with Gasteiger partial charge in [0, 0.05) is 0 Å². The van der Waals surface area contributed by atoms with E-state index in [-0.39, 0.29) is 5.97 Å². The van der Waals surface area contributed by atoms with Crippen molar-refractivity contribution in [3.05, 3.63) is 29.8 Å². The van der Waals surface area contributed by atoms with Crippen LogP contribution in [0.25, 0.3) is 0 Å². The number of methoxy groups -OCH3 is 1. The summed E-state index contributed by atoms with van der Waals surface area (Å²) in [7, 11) is 1.37. The first-order chi connectivity index (χ1) is 7.69. The average Bonchev–Trinajstić information content (AvgIpc) is 2.35. The van der Waals surface area contributed by atoms with Crippen LogP contribution >= 0.6 is 0 Å². The number of rotatable bonds is 5. The summed E-state index contributed by atoms with van der Waals surface area (Å²) in [6.07, 6.45) is 1.06. The summed E-state index contributed by atoms with van der Waals surface area (Å²) in [6.45, 7) is 4.84. The molecule has 0 fully saturated rings. The van der Waals surface area contributed by atoms with Crippen LogP contribution in [0.1, 0.15) is 30.6 Å². The van der Waals surface area contributed by atoms with Crippen molar-refractivity contribution in [3.8, 4) is 5.75 Å². The molecule has 0 aliphatic carbocycles. The van der Waals surface area contributed by atoms with E-state index in [1.807, 2.05) is 6.07 Å². The maximum absolute atomic E-state index is 11.4. The van der Waals surface area contributed by atoms with Crippen molar-refractivity contribution in [1.82, 2.24) is 0 Å². The van der Waals surface area contributed by atoms with Gasteiger partial charge in [-0.2, -0.15) is 0 Å². The molecule has 0 saturated heterocycles. The highest BCUT2D eigenvalue weighted by Crippen LogP contribution is 2.19. The number of carbonyl (C=O) groups excluding carboxylic acids is 1. The van der Waals surface area contributed by atoms with Gasteiger partial charge < -0.3 is 9.47 Å². The molecule has 1 aromatic carbocycles. The van der Waals surface area contributed by atoms with Crippen LogP contribution in [0.2, 0.25) is 0 Å². The minimum atomic E-state index is -0.361. The van der Waals surface area contributed by atoms with Gasteiger partial charge in [0.2, 0.25) is 0 Å². The number of hydrogen-bond donors (Lipinski definition) is 0. The van der Waals surface area contributed by atoms with Crippen LogP contribution in [-0.2, 0) is 4.74 Å². The summed E-state index contributed by atoms with van der Waals surface area (Å²) in [6, 6.07) is 7.13. The maximum Gasteiger partial charge on any atom is 0.341 e. The van der Waals surface area contributed by atoms with Crippen LogP contribution in [0.4, 0.5) is 0 Å². The van der Waals surface area contributed by atoms with Gasteiger partial charge in [0.25, 0.3) is 0 Å². The molecule has 0 spiro atoms. The van der Waals surface area contributed by atoms with Crippen LogP contribution in [0.5, 0.6) is 5.75 Å². The number of carbonyl (C=O) groups is 1. The van der Waals surface area contributed by atoms with E-state index in [1.165, 1.54) is 7.11 Å². The van der Waals surface area contributed by atoms with Gasteiger partial charge in [-0.15, -0.1) is 0 Å². The highest BCUT2D eigenvalue weighted by molar-refractivity contribution is 5.92. The molecule has 1 aromatic rings. The lowest BCUT2D eigenvalue weighted by molar-refractivity contribution is 0.0595. The first-order valence-corrected chi connectivity index (χ1v) is 5.49. The predicted molar refractivity (Wildman–Crippen MR) is 62.7 cm³/mol. The van der Waals surface area contributed by atoms with Gasteiger partial charge >= 0.3 is 5.97 Å². The smallest absolute Gasteiger partial charge is 0.341 e. The van der Waals surface area contributed by atoms with E-state index >= 15 is 0 Å². The molecule has 0 N–H and O–H groups in total. The first-order valence-electron chi connectivity index (χ1n) is 5.49. The molecule has 3 heteroatoms. The Hall–Kier alpha value is -1.51. The number of benzene rings is 1. The van der Waals surface area contributed by atoms with E-state index in [0.717, 1.165) is 6.42 Å². The molecule has 0 heterocycles. The fraction of sp³-hybridized carbons (Fsp3) is 0.462. The second-order valence-corrected chi connectivity index (χ2v) is 3.81. The van der Waals surface area contributed by atoms with Crippen molar-refractivity contribution < 1.29 is 14.3 Å². The molecule has 0 bridgehead atoms. The van der Waals surface area contributed by atoms with Crippen molar-refractivity contribution in [2.24, 2.45) is 5.92 Å². The van der Waals surface area contributed by atoms with E-state index in [2.05, 4.69) is 13.8 Å². The van der Waals surface area contributed by atoms with Crippen molar-refractivity contribution in [2.45, 2.75) is 20.3 Å². The van der Waals surface area contributed by atoms with Gasteiger partial charge in [-0.3, -0.25) is 0 Å². The van der Waals surface area contributed by atoms with Crippen LogP contribution in [0.15, 0.2) is 24.3 Å². The molecular weight excluding hydrogens is 204 g/mol. The molecule has 1 atom stereocenters. The third-order valence-corrected chi connectivity index (χ3v) is 2.51. The van der Waals surface area contributed by atoms with Crippen LogP contribution in [0, 0.1) is 5.92 Å². The Labute approximate surface area is 96.4 Å². The maximum atomic E-state index is 11.4. The number of hydrogen-bond acceptors (Lipinski definition) is 3. The lowest BCUT2D eigenvalue weighted by atomic mass is 10.1. The van der Waals surface area contributed by atoms with E-state index in [4.69, 9.17) is 9.47 Å². The molecule has 3 nitrogen and oxygen atoms in total. The zero-order valence-electron chi connectivity index (χ0n) is 10.0. The summed E-state index contributed by atoms with van der Waals surface area (Å²) >= 11 is 0. The Kier molecular flexibility index (Phi) is 4.83. The molecule has 0 saturated carbocycles. The van der Waals surface area contributed by atoms with E-state index in [9.17, 15) is 4.79 Å². The largest absolute Gasteiger partial charge is 0.492 e. The third-order valence-electron chi connectivity index (χ3n) is 2.51. The quantitative estimate of drug-likeness (QED) is 0.718. The predicted octanol–water partition coefficient (Wildman–Crippen LogP) is 2.90. The Balaban J connectivity index is 2.75. The minimum absolute atomic E-state index is 0.361. The van der Waals surface area contributed by atoms with E-state index in [0.29, 0.717) is 23.8 Å². The summed E-state index contributed by atoms with van der Waals surface area (Å²) in [5, 5.41) is 0. The van der Waals surface area contributed by atoms with Gasteiger partial charge in [-0.05, 0) is 18.1 Å². The summed E-state index contributed by atoms with van der Waals surface area (Å²) < 4.78 is 10.3. The van der Waals surface area contributed by atoms with Gasteiger partial charge in [0.1, 0.15) is 11.3 Å². The lowest BCUT2D eigenvalue weighted by Crippen LogP contribution is -2.10. The normalized spacial score (nSPS) is 11.9. The summed E-state index contributed by atoms with van der Waals surface area (Å²) in [4.78, 5) is 11.4. The number of para-hydroxylation sites is 1. The second kappa shape index (κ2) is 6.16. The number of ether oxygens (including phenoxy) is 2. The second-order valence-electron chi connectivity index (χ2n) is 3.81. The van der Waals surface area contributed by atoms with Gasteiger partial charge in [0.05, 0.1) is 13.7 Å². The van der Waals surface area contributed by atoms with Gasteiger partial charge in [0.15, 0.2) is 0 Å². The molecule has 0 amide bonds. The third kappa shape index (κ3) is 3.26. The first kappa shape index (κ1) is 12.6. The Morgan fingerprint density at radius 2 is 2.06 bits per heavy atom. The zero-order valence-corrected chi connectivity index (χ0v) is 10.0. The summed E-state index contributed by atoms with van der Waals surface area (Å²) in [5.74, 6) is 0.708. The van der Waals surface area contributed by atoms with Crippen molar-refractivity contribution in [1.29, 1.82) is 0 Å². The number of esters is 1. The fourth-order valence-corrected chi connectivity index (χ4v) is 1.22. The van der Waals surface area contributed by atoms with Crippen molar-refractivity contribution in [3.63, 3.8) is 0 Å². The highest BCUT2D eigenvalue weighted by atomic mass is 16.5. The van der Waals surface area contributed by atoms with E-state index in [1.54, 1.807) is 18.2 Å². The van der Waals surface area contributed by atoms with Crippen LogP contribution in [-0.4, -0.2) is 19.7 Å². The Bertz CT molecular complexity index is 347. The highest BCUT2D eigenvalue weighted by Gasteiger charge is 2.12. The standard InChI is InChI=1S/C13H18O3/c1-4-10(2)9-16-12-8-6-5-7-11(12)13(14)15-3/h5-8,10H,4,9H2,1-3H3. The van der Waals surface area contributed by atoms with Crippen LogP contribution < -0.4 is 4.74 Å². The molecule has 1 unspecified atom stereocenters. The fourth-order valence-electron chi connectivity index (χ4n) is 1.22. The monoisotopic (exact) mass is 222 g/mol. The lowest BCUT2D eigenvalue weighted by Gasteiger charge is -2.13. The minimum Gasteiger partial charge on any atom is -0.492 e. The van der Waals surface area contributed by atoms with Crippen molar-refractivity contribution in [2.75, 3.05) is 13.7 Å². The SMILES string of the molecule is CCC(C)COc1ccccc1C(=O)OC. The van der Waals surface area contributed by atoms with E-state index < -0.39 is 0 Å². The Morgan fingerprint density at radius 3 is 2.69 bits per heavy atom. The molecular formula is C13H18O3. The molecule has 1 rings (SSSR count). The molecule has 0 aliphatic rings. The average molecular weight is 222 g/mol. The van der Waals surface area contributed by atoms with Crippen molar-refractivity contribution >= 4 is 5.97 Å². The van der Waals surface area contributed by atoms with Gasteiger partial charge in [-0.25, -0.2) is 4.79 Å². The molecule has 88 valence electrons. The molecule has 16 heavy (non-hydrogen) atoms. The topological polar surface area (TPSA) is 35.5 Å². The van der Waals surface area contributed by atoms with Gasteiger partial charge in [-0.1, -0.05) is 32.4 Å².